The number of oxazole rings is 1. The summed E-state index contributed by atoms with van der Waals surface area (Å²) in [6.07, 6.45) is 1.54. The van der Waals surface area contributed by atoms with Crippen LogP contribution < -0.4 is 11.5 Å². The van der Waals surface area contributed by atoms with Crippen molar-refractivity contribution in [3.05, 3.63) is 46.2 Å². The van der Waals surface area contributed by atoms with Crippen molar-refractivity contribution in [3.63, 3.8) is 0 Å². The average Bonchev–Trinajstić information content (AvgIpc) is 3.09. The van der Waals surface area contributed by atoms with E-state index in [2.05, 4.69) is 9.97 Å². The number of hydrogen-bond donors (Lipinski definition) is 1. The highest BCUT2D eigenvalue weighted by molar-refractivity contribution is 7.89. The summed E-state index contributed by atoms with van der Waals surface area (Å²) in [7, 11) is -2.23. The molecular formula is C14H13N5O4S. The van der Waals surface area contributed by atoms with Gasteiger partial charge in [-0.25, -0.2) is 23.2 Å². The first-order chi connectivity index (χ1) is 11.4. The van der Waals surface area contributed by atoms with Gasteiger partial charge in [0.15, 0.2) is 5.58 Å². The lowest BCUT2D eigenvalue weighted by Crippen LogP contribution is -2.25. The molecule has 0 spiro atoms. The minimum absolute atomic E-state index is 0.0835. The van der Waals surface area contributed by atoms with E-state index in [1.54, 1.807) is 0 Å². The number of hydrogen-bond acceptors (Lipinski definition) is 7. The van der Waals surface area contributed by atoms with E-state index in [9.17, 15) is 13.2 Å². The monoisotopic (exact) mass is 347 g/mol. The fourth-order valence-electron chi connectivity index (χ4n) is 2.73. The van der Waals surface area contributed by atoms with Crippen LogP contribution in [-0.2, 0) is 30.2 Å². The molecule has 0 unspecified atom stereocenters. The topological polar surface area (TPSA) is 124 Å². The minimum atomic E-state index is -3.75. The summed E-state index contributed by atoms with van der Waals surface area (Å²) >= 11 is 0. The molecule has 2 aromatic heterocycles. The van der Waals surface area contributed by atoms with E-state index in [0.29, 0.717) is 16.8 Å². The van der Waals surface area contributed by atoms with Crippen molar-refractivity contribution < 1.29 is 12.8 Å². The molecule has 0 bridgehead atoms. The first-order valence-corrected chi connectivity index (χ1v) is 8.50. The van der Waals surface area contributed by atoms with Crippen molar-refractivity contribution >= 4 is 27.1 Å². The molecular weight excluding hydrogens is 334 g/mol. The Kier molecular flexibility index (Phi) is 3.02. The number of nitrogens with zero attached hydrogens (tertiary/aromatic N) is 4. The number of anilines is 1. The summed E-state index contributed by atoms with van der Waals surface area (Å²) < 4.78 is 33.3. The van der Waals surface area contributed by atoms with E-state index < -0.39 is 15.8 Å². The van der Waals surface area contributed by atoms with Crippen LogP contribution in [0.2, 0.25) is 0 Å². The van der Waals surface area contributed by atoms with E-state index in [-0.39, 0.29) is 23.9 Å². The maximum Gasteiger partial charge on any atom is 0.419 e. The maximum absolute atomic E-state index is 12.9. The summed E-state index contributed by atoms with van der Waals surface area (Å²) in [4.78, 5) is 19.6. The molecule has 10 heteroatoms. The largest absolute Gasteiger partial charge is 0.419 e. The van der Waals surface area contributed by atoms with Crippen LogP contribution in [0.25, 0.3) is 11.1 Å². The molecule has 0 saturated carbocycles. The molecule has 0 saturated heterocycles. The molecule has 1 aromatic carbocycles. The van der Waals surface area contributed by atoms with Gasteiger partial charge in [0, 0.05) is 25.4 Å². The Hall–Kier alpha value is -2.72. The van der Waals surface area contributed by atoms with Crippen LogP contribution in [-0.4, -0.2) is 27.3 Å². The number of sulfonamides is 1. The van der Waals surface area contributed by atoms with Crippen molar-refractivity contribution in [3.8, 4) is 0 Å². The maximum atomic E-state index is 12.9. The molecule has 3 aromatic rings. The van der Waals surface area contributed by atoms with Crippen molar-refractivity contribution in [1.29, 1.82) is 0 Å². The zero-order valence-corrected chi connectivity index (χ0v) is 13.4. The highest BCUT2D eigenvalue weighted by atomic mass is 32.2. The molecule has 0 atom stereocenters. The summed E-state index contributed by atoms with van der Waals surface area (Å²) in [5.41, 5.74) is 7.63. The van der Waals surface area contributed by atoms with Gasteiger partial charge in [-0.15, -0.1) is 0 Å². The zero-order valence-electron chi connectivity index (χ0n) is 12.6. The highest BCUT2D eigenvalue weighted by Crippen LogP contribution is 2.28. The van der Waals surface area contributed by atoms with Crippen LogP contribution in [0, 0.1) is 0 Å². The quantitative estimate of drug-likeness (QED) is 0.702. The third-order valence-electron chi connectivity index (χ3n) is 4.05. The lowest BCUT2D eigenvalue weighted by molar-refractivity contribution is 0.430. The molecule has 1 aliphatic heterocycles. The molecule has 0 fully saturated rings. The predicted molar refractivity (Wildman–Crippen MR) is 84.3 cm³/mol. The first kappa shape index (κ1) is 14.8. The second-order valence-electron chi connectivity index (χ2n) is 5.53. The van der Waals surface area contributed by atoms with Gasteiger partial charge >= 0.3 is 5.76 Å². The van der Waals surface area contributed by atoms with E-state index in [1.165, 1.54) is 40.3 Å². The summed E-state index contributed by atoms with van der Waals surface area (Å²) in [6.45, 7) is 0.313. The standard InChI is InChI=1S/C14H13N5O4S/c1-18-11-4-9(2-3-12(11)23-14(18)20)24(21,22)19-6-8-5-16-13(15)17-10(8)7-19/h2-5H,6-7H2,1H3,(H2,15,16,17). The normalized spacial score (nSPS) is 15.0. The minimum Gasteiger partial charge on any atom is -0.408 e. The van der Waals surface area contributed by atoms with Crippen molar-refractivity contribution in [2.75, 3.05) is 5.73 Å². The second kappa shape index (κ2) is 4.89. The van der Waals surface area contributed by atoms with Crippen LogP contribution in [0.3, 0.4) is 0 Å². The van der Waals surface area contributed by atoms with Crippen LogP contribution in [0.1, 0.15) is 11.3 Å². The van der Waals surface area contributed by atoms with Gasteiger partial charge in [0.2, 0.25) is 16.0 Å². The Morgan fingerprint density at radius 1 is 1.29 bits per heavy atom. The molecule has 0 amide bonds. The van der Waals surface area contributed by atoms with Crippen molar-refractivity contribution in [2.24, 2.45) is 7.05 Å². The third kappa shape index (κ3) is 2.11. The zero-order chi connectivity index (χ0) is 17.1. The number of aryl methyl sites for hydroxylation is 1. The SMILES string of the molecule is Cn1c(=O)oc2ccc(S(=O)(=O)N3Cc4cnc(N)nc4C3)cc21. The van der Waals surface area contributed by atoms with Gasteiger partial charge in [-0.3, -0.25) is 4.57 Å². The van der Waals surface area contributed by atoms with Crippen molar-refractivity contribution in [1.82, 2.24) is 18.8 Å². The lowest BCUT2D eigenvalue weighted by Gasteiger charge is -2.15. The average molecular weight is 347 g/mol. The number of aromatic nitrogens is 3. The van der Waals surface area contributed by atoms with Gasteiger partial charge in [0.05, 0.1) is 22.7 Å². The van der Waals surface area contributed by atoms with Gasteiger partial charge in [-0.1, -0.05) is 0 Å². The van der Waals surface area contributed by atoms with Gasteiger partial charge in [0.25, 0.3) is 0 Å². The molecule has 9 nitrogen and oxygen atoms in total. The molecule has 3 heterocycles. The van der Waals surface area contributed by atoms with Crippen LogP contribution >= 0.6 is 0 Å². The molecule has 0 aliphatic carbocycles. The Morgan fingerprint density at radius 2 is 2.08 bits per heavy atom. The van der Waals surface area contributed by atoms with Gasteiger partial charge in [0.1, 0.15) is 0 Å². The van der Waals surface area contributed by atoms with Gasteiger partial charge in [-0.05, 0) is 18.2 Å². The van der Waals surface area contributed by atoms with Crippen molar-refractivity contribution in [2.45, 2.75) is 18.0 Å². The molecule has 1 aliphatic rings. The number of rotatable bonds is 2. The third-order valence-corrected chi connectivity index (χ3v) is 5.83. The molecule has 0 radical (unpaired) electrons. The number of nitrogens with two attached hydrogens (primary N) is 1. The second-order valence-corrected chi connectivity index (χ2v) is 7.47. The first-order valence-electron chi connectivity index (χ1n) is 7.06. The summed E-state index contributed by atoms with van der Waals surface area (Å²) in [5.74, 6) is -0.429. The van der Waals surface area contributed by atoms with Crippen LogP contribution in [0.4, 0.5) is 5.95 Å². The smallest absolute Gasteiger partial charge is 0.408 e. The Balaban J connectivity index is 1.76. The van der Waals surface area contributed by atoms with E-state index in [0.717, 1.165) is 5.56 Å². The fourth-order valence-corrected chi connectivity index (χ4v) is 4.13. The molecule has 2 N–H and O–H groups in total. The van der Waals surface area contributed by atoms with Crippen LogP contribution in [0.15, 0.2) is 38.5 Å². The van der Waals surface area contributed by atoms with Gasteiger partial charge < -0.3 is 10.2 Å². The van der Waals surface area contributed by atoms with E-state index in [4.69, 9.17) is 10.2 Å². The molecule has 4 rings (SSSR count). The number of benzene rings is 1. The molecule has 124 valence electrons. The van der Waals surface area contributed by atoms with E-state index >= 15 is 0 Å². The van der Waals surface area contributed by atoms with Gasteiger partial charge in [-0.2, -0.15) is 4.31 Å². The highest BCUT2D eigenvalue weighted by Gasteiger charge is 2.32. The fraction of sp³-hybridized carbons (Fsp3) is 0.214. The Morgan fingerprint density at radius 3 is 2.88 bits per heavy atom. The van der Waals surface area contributed by atoms with Crippen LogP contribution in [0.5, 0.6) is 0 Å². The molecule has 24 heavy (non-hydrogen) atoms. The summed E-state index contributed by atoms with van der Waals surface area (Å²) in [6, 6.07) is 4.33. The lowest BCUT2D eigenvalue weighted by atomic mass is 10.3. The predicted octanol–water partition coefficient (Wildman–Crippen LogP) is 0.208. The number of nitrogen functional groups attached to an aromatic ring is 1. The number of fused-ring (bicyclic) bond motifs is 2. The van der Waals surface area contributed by atoms with E-state index in [1.807, 2.05) is 0 Å². The Bertz CT molecular complexity index is 1130. The Labute approximate surface area is 136 Å². The summed E-state index contributed by atoms with van der Waals surface area (Å²) in [5, 5.41) is 0.